The normalized spacial score (nSPS) is 13.2. The molecule has 0 aliphatic heterocycles. The fourth-order valence-corrected chi connectivity index (χ4v) is 3.02. The van der Waals surface area contributed by atoms with Gasteiger partial charge >= 0.3 is 6.18 Å². The largest absolute Gasteiger partial charge is 0.402 e. The van der Waals surface area contributed by atoms with E-state index in [1.165, 1.54) is 0 Å². The zero-order valence-corrected chi connectivity index (χ0v) is 12.3. The molecular weight excluding hydrogens is 319 g/mol. The highest BCUT2D eigenvalue weighted by Crippen LogP contribution is 2.23. The first-order valence-electron chi connectivity index (χ1n) is 5.57. The summed E-state index contributed by atoms with van der Waals surface area (Å²) in [5, 5.41) is -0.185. The molecule has 0 fully saturated rings. The van der Waals surface area contributed by atoms with Crippen LogP contribution in [0, 0.1) is 5.92 Å². The number of alkyl halides is 3. The summed E-state index contributed by atoms with van der Waals surface area (Å²) in [6, 6.07) is 0. The van der Waals surface area contributed by atoms with Crippen molar-refractivity contribution in [2.75, 3.05) is 13.1 Å². The van der Waals surface area contributed by atoms with Crippen LogP contribution in [0.3, 0.4) is 0 Å². The number of sulfonamides is 1. The Morgan fingerprint density at radius 2 is 1.80 bits per heavy atom. The molecule has 0 aromatic carbocycles. The van der Waals surface area contributed by atoms with E-state index in [-0.39, 0.29) is 17.7 Å². The highest BCUT2D eigenvalue weighted by atomic mass is 35.5. The van der Waals surface area contributed by atoms with Crippen LogP contribution in [0.2, 0.25) is 5.28 Å². The van der Waals surface area contributed by atoms with Gasteiger partial charge in [0.2, 0.25) is 15.3 Å². The molecular formula is C10H13ClF3N3O2S. The van der Waals surface area contributed by atoms with Crippen molar-refractivity contribution in [1.29, 1.82) is 0 Å². The van der Waals surface area contributed by atoms with Crippen molar-refractivity contribution in [2.24, 2.45) is 5.92 Å². The lowest BCUT2D eigenvalue weighted by atomic mass is 10.2. The molecule has 0 N–H and O–H groups in total. The Hall–Kier alpha value is -0.930. The quantitative estimate of drug-likeness (QED) is 0.777. The standard InChI is InChI=1S/C10H13ClF3N3O2S/c1-7(2)5-17(6-10(12,13)14)20(18,19)8-3-15-9(11)16-4-8/h3-4,7H,5-6H2,1-2H3. The van der Waals surface area contributed by atoms with Crippen molar-refractivity contribution in [2.45, 2.75) is 24.9 Å². The Morgan fingerprint density at radius 3 is 2.20 bits per heavy atom. The maximum Gasteiger partial charge on any atom is 0.402 e. The van der Waals surface area contributed by atoms with Gasteiger partial charge in [-0.2, -0.15) is 17.5 Å². The van der Waals surface area contributed by atoms with Crippen molar-refractivity contribution in [3.05, 3.63) is 17.7 Å². The molecule has 0 radical (unpaired) electrons. The van der Waals surface area contributed by atoms with Gasteiger partial charge in [0, 0.05) is 6.54 Å². The third kappa shape index (κ3) is 4.88. The number of aromatic nitrogens is 2. The Bertz CT molecular complexity index is 546. The molecule has 0 aliphatic carbocycles. The molecule has 0 amide bonds. The predicted molar refractivity (Wildman–Crippen MR) is 66.7 cm³/mol. The molecule has 0 saturated carbocycles. The molecule has 0 saturated heterocycles. The smallest absolute Gasteiger partial charge is 0.225 e. The van der Waals surface area contributed by atoms with E-state index in [9.17, 15) is 21.6 Å². The second-order valence-electron chi connectivity index (χ2n) is 4.49. The van der Waals surface area contributed by atoms with Gasteiger partial charge in [0.05, 0.1) is 12.4 Å². The molecule has 1 aromatic heterocycles. The molecule has 114 valence electrons. The van der Waals surface area contributed by atoms with Crippen LogP contribution >= 0.6 is 11.6 Å². The van der Waals surface area contributed by atoms with E-state index in [1.807, 2.05) is 0 Å². The average Bonchev–Trinajstić information content (AvgIpc) is 2.26. The molecule has 1 heterocycles. The molecule has 1 aromatic rings. The molecule has 0 spiro atoms. The zero-order chi connectivity index (χ0) is 15.6. The van der Waals surface area contributed by atoms with Crippen LogP contribution in [0.25, 0.3) is 0 Å². The maximum absolute atomic E-state index is 12.5. The highest BCUT2D eigenvalue weighted by molar-refractivity contribution is 7.89. The topological polar surface area (TPSA) is 63.2 Å². The molecule has 1 rings (SSSR count). The van der Waals surface area contributed by atoms with E-state index in [0.717, 1.165) is 12.4 Å². The van der Waals surface area contributed by atoms with Gasteiger partial charge in [-0.05, 0) is 17.5 Å². The number of hydrogen-bond donors (Lipinski definition) is 0. The lowest BCUT2D eigenvalue weighted by Crippen LogP contribution is -2.41. The van der Waals surface area contributed by atoms with E-state index >= 15 is 0 Å². The molecule has 5 nitrogen and oxygen atoms in total. The molecule has 0 unspecified atom stereocenters. The summed E-state index contributed by atoms with van der Waals surface area (Å²) in [5.74, 6) is -0.264. The van der Waals surface area contributed by atoms with Crippen LogP contribution < -0.4 is 0 Å². The minimum atomic E-state index is -4.63. The van der Waals surface area contributed by atoms with Crippen molar-refractivity contribution in [3.8, 4) is 0 Å². The molecule has 0 aliphatic rings. The van der Waals surface area contributed by atoms with Crippen LogP contribution in [-0.2, 0) is 10.0 Å². The minimum Gasteiger partial charge on any atom is -0.225 e. The van der Waals surface area contributed by atoms with E-state index in [2.05, 4.69) is 9.97 Å². The van der Waals surface area contributed by atoms with Crippen LogP contribution in [-0.4, -0.2) is 42.0 Å². The summed E-state index contributed by atoms with van der Waals surface area (Å²) in [5.41, 5.74) is 0. The minimum absolute atomic E-state index is 0.185. The van der Waals surface area contributed by atoms with E-state index < -0.39 is 27.6 Å². The van der Waals surface area contributed by atoms with Crippen molar-refractivity contribution < 1.29 is 21.6 Å². The van der Waals surface area contributed by atoms with Gasteiger partial charge in [0.15, 0.2) is 0 Å². The van der Waals surface area contributed by atoms with E-state index in [1.54, 1.807) is 13.8 Å². The first-order valence-corrected chi connectivity index (χ1v) is 7.38. The van der Waals surface area contributed by atoms with Gasteiger partial charge in [-0.15, -0.1) is 0 Å². The summed E-state index contributed by atoms with van der Waals surface area (Å²) < 4.78 is 62.2. The van der Waals surface area contributed by atoms with Crippen LogP contribution in [0.5, 0.6) is 0 Å². The SMILES string of the molecule is CC(C)CN(CC(F)(F)F)S(=O)(=O)c1cnc(Cl)nc1. The summed E-state index contributed by atoms with van der Waals surface area (Å²) in [6.07, 6.45) is -2.86. The van der Waals surface area contributed by atoms with Gasteiger partial charge in [-0.3, -0.25) is 0 Å². The lowest BCUT2D eigenvalue weighted by Gasteiger charge is -2.24. The Balaban J connectivity index is 3.13. The Morgan fingerprint density at radius 1 is 1.30 bits per heavy atom. The predicted octanol–water partition coefficient (Wildman–Crippen LogP) is 2.34. The van der Waals surface area contributed by atoms with Crippen molar-refractivity contribution in [1.82, 2.24) is 14.3 Å². The number of halogens is 4. The third-order valence-electron chi connectivity index (χ3n) is 2.16. The summed E-state index contributed by atoms with van der Waals surface area (Å²) in [4.78, 5) is 6.52. The Labute approximate surface area is 119 Å². The highest BCUT2D eigenvalue weighted by Gasteiger charge is 2.37. The summed E-state index contributed by atoms with van der Waals surface area (Å²) in [7, 11) is -4.32. The number of rotatable bonds is 5. The fourth-order valence-electron chi connectivity index (χ4n) is 1.44. The van der Waals surface area contributed by atoms with Gasteiger partial charge in [0.25, 0.3) is 0 Å². The summed E-state index contributed by atoms with van der Waals surface area (Å²) in [6.45, 7) is 1.43. The number of hydrogen-bond acceptors (Lipinski definition) is 4. The fraction of sp³-hybridized carbons (Fsp3) is 0.600. The van der Waals surface area contributed by atoms with E-state index in [0.29, 0.717) is 4.31 Å². The van der Waals surface area contributed by atoms with Gasteiger partial charge < -0.3 is 0 Å². The van der Waals surface area contributed by atoms with Gasteiger partial charge in [-0.1, -0.05) is 13.8 Å². The van der Waals surface area contributed by atoms with Crippen LogP contribution in [0.15, 0.2) is 17.3 Å². The van der Waals surface area contributed by atoms with E-state index in [4.69, 9.17) is 11.6 Å². The average molecular weight is 332 g/mol. The van der Waals surface area contributed by atoms with Crippen LogP contribution in [0.1, 0.15) is 13.8 Å². The first-order chi connectivity index (χ1) is 9.02. The molecule has 10 heteroatoms. The second-order valence-corrected chi connectivity index (χ2v) is 6.77. The molecule has 0 atom stereocenters. The van der Waals surface area contributed by atoms with Gasteiger partial charge in [0.1, 0.15) is 11.4 Å². The van der Waals surface area contributed by atoms with Gasteiger partial charge in [-0.25, -0.2) is 18.4 Å². The van der Waals surface area contributed by atoms with Crippen molar-refractivity contribution in [3.63, 3.8) is 0 Å². The zero-order valence-electron chi connectivity index (χ0n) is 10.7. The monoisotopic (exact) mass is 331 g/mol. The lowest BCUT2D eigenvalue weighted by molar-refractivity contribution is -0.136. The first kappa shape index (κ1) is 17.1. The second kappa shape index (κ2) is 6.23. The Kier molecular flexibility index (Phi) is 5.33. The maximum atomic E-state index is 12.5. The number of nitrogens with zero attached hydrogens (tertiary/aromatic N) is 3. The molecule has 0 bridgehead atoms. The molecule has 20 heavy (non-hydrogen) atoms. The summed E-state index contributed by atoms with van der Waals surface area (Å²) >= 11 is 5.42. The van der Waals surface area contributed by atoms with Crippen LogP contribution in [0.4, 0.5) is 13.2 Å². The third-order valence-corrected chi connectivity index (χ3v) is 4.12. The van der Waals surface area contributed by atoms with Crippen molar-refractivity contribution >= 4 is 21.6 Å².